The molecule has 17 heteroatoms. The van der Waals surface area contributed by atoms with E-state index in [1.807, 2.05) is 0 Å². The lowest BCUT2D eigenvalue weighted by Crippen LogP contribution is -2.01. The summed E-state index contributed by atoms with van der Waals surface area (Å²) in [4.78, 5) is -1.14. The molecule has 6 aromatic carbocycles. The Labute approximate surface area is 267 Å². The van der Waals surface area contributed by atoms with Crippen LogP contribution in [0.25, 0.3) is 32.3 Å². The van der Waals surface area contributed by atoms with E-state index in [1.165, 1.54) is 66.7 Å². The van der Waals surface area contributed by atoms with Crippen molar-refractivity contribution >= 4 is 91.1 Å². The van der Waals surface area contributed by atoms with Crippen LogP contribution in [0, 0.1) is 0 Å². The van der Waals surface area contributed by atoms with E-state index in [-0.39, 0.29) is 54.9 Å². The average Bonchev–Trinajstić information content (AvgIpc) is 3.01. The standard InChI is InChI=1S/C30H21N5O9S3/c31-24-11-12-26(21-4-2-6-29(30(21)24)47(42,43)44)34-35-27-14-13-25(20-10-9-19(16-23(20)27)45(36,37)38)33-32-18-8-7-17-3-1-5-28(22(17)15-18)46(39,40)41/h1-16H,31H2,(H,36,37,38)(H,39,40,41)(H,42,43,44). The fraction of sp³-hybridized carbons (Fsp3) is 0. The first-order chi connectivity index (χ1) is 22.1. The van der Waals surface area contributed by atoms with Crippen LogP contribution in [0.5, 0.6) is 0 Å². The van der Waals surface area contributed by atoms with Crippen LogP contribution in [0.15, 0.2) is 132 Å². The number of hydrogen-bond acceptors (Lipinski definition) is 11. The molecule has 14 nitrogen and oxygen atoms in total. The summed E-state index contributed by atoms with van der Waals surface area (Å²) in [5, 5.41) is 18.6. The minimum atomic E-state index is -4.63. The van der Waals surface area contributed by atoms with Gasteiger partial charge >= 0.3 is 0 Å². The second-order valence-corrected chi connectivity index (χ2v) is 14.4. The Balaban J connectivity index is 1.47. The predicted octanol–water partition coefficient (Wildman–Crippen LogP) is 7.30. The maximum atomic E-state index is 12.0. The molecule has 0 fully saturated rings. The maximum absolute atomic E-state index is 12.0. The van der Waals surface area contributed by atoms with Crippen LogP contribution >= 0.6 is 0 Å². The number of rotatable bonds is 7. The normalized spacial score (nSPS) is 13.0. The molecule has 6 aromatic rings. The first kappa shape index (κ1) is 31.8. The second kappa shape index (κ2) is 11.6. The van der Waals surface area contributed by atoms with Crippen molar-refractivity contribution in [2.75, 3.05) is 5.73 Å². The van der Waals surface area contributed by atoms with Crippen molar-refractivity contribution in [3.63, 3.8) is 0 Å². The van der Waals surface area contributed by atoms with Crippen LogP contribution < -0.4 is 5.73 Å². The number of fused-ring (bicyclic) bond motifs is 3. The number of nitrogens with two attached hydrogens (primary N) is 1. The van der Waals surface area contributed by atoms with Gasteiger partial charge in [0.2, 0.25) is 0 Å². The molecular formula is C30H21N5O9S3. The second-order valence-electron chi connectivity index (χ2n) is 10.2. The molecule has 0 aliphatic carbocycles. The molecule has 0 atom stereocenters. The van der Waals surface area contributed by atoms with E-state index in [0.29, 0.717) is 10.8 Å². The summed E-state index contributed by atoms with van der Waals surface area (Å²) in [6.45, 7) is 0. The Morgan fingerprint density at radius 1 is 0.489 bits per heavy atom. The van der Waals surface area contributed by atoms with Gasteiger partial charge in [0.1, 0.15) is 9.79 Å². The lowest BCUT2D eigenvalue weighted by molar-refractivity contribution is 0.481. The molecule has 238 valence electrons. The summed E-state index contributed by atoms with van der Waals surface area (Å²) < 4.78 is 101. The molecule has 0 saturated carbocycles. The van der Waals surface area contributed by atoms with Gasteiger partial charge in [0, 0.05) is 32.6 Å². The summed E-state index contributed by atoms with van der Waals surface area (Å²) in [6.07, 6.45) is 0. The number of hydrogen-bond donors (Lipinski definition) is 4. The summed E-state index contributed by atoms with van der Waals surface area (Å²) >= 11 is 0. The molecule has 0 radical (unpaired) electrons. The fourth-order valence-corrected chi connectivity index (χ4v) is 7.00. The van der Waals surface area contributed by atoms with Crippen molar-refractivity contribution in [1.82, 2.24) is 0 Å². The summed E-state index contributed by atoms with van der Waals surface area (Å²) in [5.74, 6) is 0. The highest BCUT2D eigenvalue weighted by atomic mass is 32.2. The molecule has 6 rings (SSSR count). The molecular weight excluding hydrogens is 671 g/mol. The minimum Gasteiger partial charge on any atom is -0.398 e. The van der Waals surface area contributed by atoms with Gasteiger partial charge in [-0.15, -0.1) is 15.3 Å². The van der Waals surface area contributed by atoms with Crippen LogP contribution in [0.2, 0.25) is 0 Å². The summed E-state index contributed by atoms with van der Waals surface area (Å²) in [5.41, 5.74) is 6.92. The molecule has 0 unspecified atom stereocenters. The van der Waals surface area contributed by atoms with E-state index < -0.39 is 40.1 Å². The lowest BCUT2D eigenvalue weighted by atomic mass is 10.1. The van der Waals surface area contributed by atoms with Gasteiger partial charge in [-0.25, -0.2) is 0 Å². The number of azo groups is 2. The van der Waals surface area contributed by atoms with Gasteiger partial charge in [0.25, 0.3) is 30.4 Å². The number of benzene rings is 6. The van der Waals surface area contributed by atoms with Gasteiger partial charge in [-0.05, 0) is 66.0 Å². The third-order valence-corrected chi connectivity index (χ3v) is 9.83. The molecule has 0 spiro atoms. The highest BCUT2D eigenvalue weighted by Crippen LogP contribution is 2.39. The van der Waals surface area contributed by atoms with Crippen LogP contribution in [-0.2, 0) is 30.4 Å². The summed E-state index contributed by atoms with van der Waals surface area (Å²) in [7, 11) is -13.8. The topological polar surface area (TPSA) is 239 Å². The van der Waals surface area contributed by atoms with Gasteiger partial charge < -0.3 is 5.73 Å². The van der Waals surface area contributed by atoms with Crippen molar-refractivity contribution in [2.24, 2.45) is 20.5 Å². The zero-order chi connectivity index (χ0) is 33.7. The average molecular weight is 692 g/mol. The zero-order valence-electron chi connectivity index (χ0n) is 23.6. The highest BCUT2D eigenvalue weighted by Gasteiger charge is 2.18. The Morgan fingerprint density at radius 3 is 1.77 bits per heavy atom. The third-order valence-electron chi connectivity index (χ3n) is 7.17. The van der Waals surface area contributed by atoms with Crippen LogP contribution in [0.1, 0.15) is 0 Å². The zero-order valence-corrected chi connectivity index (χ0v) is 26.1. The first-order valence-corrected chi connectivity index (χ1v) is 17.6. The summed E-state index contributed by atoms with van der Waals surface area (Å²) in [6, 6.07) is 22.8. The first-order valence-electron chi connectivity index (χ1n) is 13.3. The molecule has 0 aromatic heterocycles. The van der Waals surface area contributed by atoms with Crippen LogP contribution in [-0.4, -0.2) is 38.9 Å². The van der Waals surface area contributed by atoms with Gasteiger partial charge in [-0.2, -0.15) is 30.4 Å². The Kier molecular flexibility index (Phi) is 7.83. The van der Waals surface area contributed by atoms with Crippen molar-refractivity contribution in [1.29, 1.82) is 0 Å². The smallest absolute Gasteiger partial charge is 0.295 e. The minimum absolute atomic E-state index is 0.0399. The third kappa shape index (κ3) is 6.30. The highest BCUT2D eigenvalue weighted by molar-refractivity contribution is 7.86. The lowest BCUT2D eigenvalue weighted by Gasteiger charge is -2.09. The van der Waals surface area contributed by atoms with E-state index >= 15 is 0 Å². The van der Waals surface area contributed by atoms with E-state index in [2.05, 4.69) is 20.5 Å². The molecule has 0 saturated heterocycles. The van der Waals surface area contributed by atoms with Gasteiger partial charge in [0.05, 0.1) is 27.6 Å². The van der Waals surface area contributed by atoms with Gasteiger partial charge in [0.15, 0.2) is 0 Å². The fourth-order valence-electron chi connectivity index (χ4n) is 5.06. The number of anilines is 1. The monoisotopic (exact) mass is 691 g/mol. The van der Waals surface area contributed by atoms with Crippen molar-refractivity contribution in [2.45, 2.75) is 14.7 Å². The van der Waals surface area contributed by atoms with E-state index in [0.717, 1.165) is 6.07 Å². The number of nitrogen functional groups attached to an aromatic ring is 1. The molecule has 0 aliphatic heterocycles. The Bertz CT molecular complexity index is 2680. The van der Waals surface area contributed by atoms with E-state index in [4.69, 9.17) is 5.73 Å². The van der Waals surface area contributed by atoms with Crippen molar-refractivity contribution in [3.05, 3.63) is 97.1 Å². The van der Waals surface area contributed by atoms with Gasteiger partial charge in [-0.3, -0.25) is 13.7 Å². The van der Waals surface area contributed by atoms with Gasteiger partial charge in [-0.1, -0.05) is 36.4 Å². The van der Waals surface area contributed by atoms with Crippen molar-refractivity contribution in [3.8, 4) is 0 Å². The molecule has 47 heavy (non-hydrogen) atoms. The Morgan fingerprint density at radius 2 is 1.09 bits per heavy atom. The van der Waals surface area contributed by atoms with E-state index in [9.17, 15) is 38.9 Å². The molecule has 0 aliphatic rings. The SMILES string of the molecule is Nc1ccc(N=Nc2ccc(N=Nc3ccc4cccc(S(=O)(=O)O)c4c3)c3ccc(S(=O)(=O)O)cc23)c2cccc(S(=O)(=O)O)c12. The molecule has 0 bridgehead atoms. The molecule has 5 N–H and O–H groups in total. The Hall–Kier alpha value is -5.17. The number of nitrogens with zero attached hydrogens (tertiary/aromatic N) is 4. The predicted molar refractivity (Wildman–Crippen MR) is 174 cm³/mol. The van der Waals surface area contributed by atoms with Crippen LogP contribution in [0.4, 0.5) is 28.4 Å². The maximum Gasteiger partial charge on any atom is 0.295 e. The molecule has 0 heterocycles. The molecule has 0 amide bonds. The van der Waals surface area contributed by atoms with Crippen LogP contribution in [0.3, 0.4) is 0 Å². The largest absolute Gasteiger partial charge is 0.398 e. The van der Waals surface area contributed by atoms with E-state index in [1.54, 1.807) is 24.3 Å². The quantitative estimate of drug-likeness (QED) is 0.0739. The van der Waals surface area contributed by atoms with Crippen molar-refractivity contribution < 1.29 is 38.9 Å².